The van der Waals surface area contributed by atoms with Gasteiger partial charge in [-0.25, -0.2) is 0 Å². The third-order valence-corrected chi connectivity index (χ3v) is 5.75. The van der Waals surface area contributed by atoms with Crippen molar-refractivity contribution in [3.05, 3.63) is 0 Å². The third kappa shape index (κ3) is 2.45. The predicted octanol–water partition coefficient (Wildman–Crippen LogP) is 1.72. The molecule has 3 fully saturated rings. The Bertz CT molecular complexity index is 267. The highest BCUT2D eigenvalue weighted by atomic mass is 15.2. The molecule has 2 heterocycles. The molecule has 4 unspecified atom stereocenters. The summed E-state index contributed by atoms with van der Waals surface area (Å²) in [5.74, 6) is 0.740. The van der Waals surface area contributed by atoms with E-state index in [9.17, 15) is 0 Å². The van der Waals surface area contributed by atoms with Crippen LogP contribution in [-0.2, 0) is 0 Å². The highest BCUT2D eigenvalue weighted by Gasteiger charge is 2.37. The maximum atomic E-state index is 5.90. The van der Waals surface area contributed by atoms with E-state index in [1.807, 2.05) is 0 Å². The summed E-state index contributed by atoms with van der Waals surface area (Å²) in [6, 6.07) is 3.15. The molecular formula is C15H29N3. The van der Waals surface area contributed by atoms with Crippen molar-refractivity contribution in [2.75, 3.05) is 13.6 Å². The van der Waals surface area contributed by atoms with Crippen LogP contribution in [0.3, 0.4) is 0 Å². The van der Waals surface area contributed by atoms with Gasteiger partial charge in [-0.3, -0.25) is 0 Å². The summed E-state index contributed by atoms with van der Waals surface area (Å²) in [5.41, 5.74) is 5.90. The first-order valence-electron chi connectivity index (χ1n) is 7.96. The molecule has 3 aliphatic rings. The van der Waals surface area contributed by atoms with Gasteiger partial charge >= 0.3 is 0 Å². The van der Waals surface area contributed by atoms with Crippen molar-refractivity contribution in [1.29, 1.82) is 0 Å². The molecule has 2 aliphatic heterocycles. The largest absolute Gasteiger partial charge is 0.330 e. The lowest BCUT2D eigenvalue weighted by atomic mass is 9.82. The molecule has 3 nitrogen and oxygen atoms in total. The highest BCUT2D eigenvalue weighted by Crippen LogP contribution is 2.34. The van der Waals surface area contributed by atoms with E-state index in [0.717, 1.165) is 30.6 Å². The first-order valence-corrected chi connectivity index (χ1v) is 7.96. The van der Waals surface area contributed by atoms with Crippen molar-refractivity contribution in [3.63, 3.8) is 0 Å². The Morgan fingerprint density at radius 2 is 1.72 bits per heavy atom. The highest BCUT2D eigenvalue weighted by molar-refractivity contribution is 4.96. The van der Waals surface area contributed by atoms with Crippen LogP contribution in [0, 0.1) is 5.92 Å². The minimum Gasteiger partial charge on any atom is -0.330 e. The number of hydrogen-bond acceptors (Lipinski definition) is 3. The molecule has 3 heteroatoms. The Hall–Kier alpha value is -0.120. The second-order valence-corrected chi connectivity index (χ2v) is 6.77. The molecule has 0 spiro atoms. The van der Waals surface area contributed by atoms with Crippen molar-refractivity contribution >= 4 is 0 Å². The van der Waals surface area contributed by atoms with E-state index < -0.39 is 0 Å². The van der Waals surface area contributed by atoms with Gasteiger partial charge in [-0.1, -0.05) is 12.8 Å². The van der Waals surface area contributed by atoms with E-state index >= 15 is 0 Å². The van der Waals surface area contributed by atoms with Gasteiger partial charge in [-0.05, 0) is 58.0 Å². The van der Waals surface area contributed by atoms with Gasteiger partial charge in [0.05, 0.1) is 0 Å². The molecule has 104 valence electrons. The van der Waals surface area contributed by atoms with Crippen molar-refractivity contribution in [3.8, 4) is 0 Å². The SMILES string of the molecule is CN1C2CCCC1CC(NC1CCCC1CN)C2. The summed E-state index contributed by atoms with van der Waals surface area (Å²) in [7, 11) is 2.34. The average molecular weight is 251 g/mol. The van der Waals surface area contributed by atoms with Crippen LogP contribution in [0.5, 0.6) is 0 Å². The van der Waals surface area contributed by atoms with Crippen LogP contribution >= 0.6 is 0 Å². The van der Waals surface area contributed by atoms with Gasteiger partial charge in [0.2, 0.25) is 0 Å². The van der Waals surface area contributed by atoms with Gasteiger partial charge in [-0.2, -0.15) is 0 Å². The Morgan fingerprint density at radius 1 is 1.06 bits per heavy atom. The molecule has 0 aromatic carbocycles. The topological polar surface area (TPSA) is 41.3 Å². The van der Waals surface area contributed by atoms with E-state index in [2.05, 4.69) is 17.3 Å². The molecule has 0 amide bonds. The number of nitrogens with zero attached hydrogens (tertiary/aromatic N) is 1. The maximum absolute atomic E-state index is 5.90. The van der Waals surface area contributed by atoms with Gasteiger partial charge < -0.3 is 16.0 Å². The third-order valence-electron chi connectivity index (χ3n) is 5.75. The summed E-state index contributed by atoms with van der Waals surface area (Å²) in [4.78, 5) is 2.65. The lowest BCUT2D eigenvalue weighted by Crippen LogP contribution is -2.56. The van der Waals surface area contributed by atoms with Crippen molar-refractivity contribution in [1.82, 2.24) is 10.2 Å². The van der Waals surface area contributed by atoms with E-state index in [0.29, 0.717) is 6.04 Å². The fourth-order valence-corrected chi connectivity index (χ4v) is 4.59. The number of hydrogen-bond donors (Lipinski definition) is 2. The molecule has 2 bridgehead atoms. The van der Waals surface area contributed by atoms with Crippen LogP contribution in [0.2, 0.25) is 0 Å². The number of rotatable bonds is 3. The fraction of sp³-hybridized carbons (Fsp3) is 1.00. The Labute approximate surface area is 111 Å². The van der Waals surface area contributed by atoms with E-state index in [4.69, 9.17) is 5.73 Å². The Kier molecular flexibility index (Phi) is 3.92. The average Bonchev–Trinajstić information content (AvgIpc) is 2.77. The van der Waals surface area contributed by atoms with Gasteiger partial charge in [0, 0.05) is 24.2 Å². The molecule has 18 heavy (non-hydrogen) atoms. The first kappa shape index (κ1) is 12.9. The normalized spacial score (nSPS) is 45.3. The van der Waals surface area contributed by atoms with Crippen LogP contribution < -0.4 is 11.1 Å². The van der Waals surface area contributed by atoms with Crippen LogP contribution in [-0.4, -0.2) is 42.7 Å². The number of fused-ring (bicyclic) bond motifs is 2. The Balaban J connectivity index is 1.57. The molecular weight excluding hydrogens is 222 g/mol. The second-order valence-electron chi connectivity index (χ2n) is 6.77. The van der Waals surface area contributed by atoms with E-state index in [1.165, 1.54) is 51.4 Å². The zero-order valence-electron chi connectivity index (χ0n) is 11.8. The first-order chi connectivity index (χ1) is 8.78. The summed E-state index contributed by atoms with van der Waals surface area (Å²) >= 11 is 0. The minimum atomic E-state index is 0.712. The molecule has 4 atom stereocenters. The van der Waals surface area contributed by atoms with Gasteiger partial charge in [0.1, 0.15) is 0 Å². The van der Waals surface area contributed by atoms with Crippen LogP contribution in [0.1, 0.15) is 51.4 Å². The van der Waals surface area contributed by atoms with Gasteiger partial charge in [0.25, 0.3) is 0 Å². The number of nitrogens with one attached hydrogen (secondary N) is 1. The van der Waals surface area contributed by atoms with Gasteiger partial charge in [-0.15, -0.1) is 0 Å². The lowest BCUT2D eigenvalue weighted by molar-refractivity contribution is 0.0446. The molecule has 1 saturated carbocycles. The number of piperidine rings is 2. The van der Waals surface area contributed by atoms with E-state index in [1.54, 1.807) is 0 Å². The van der Waals surface area contributed by atoms with Crippen molar-refractivity contribution in [2.45, 2.75) is 75.5 Å². The predicted molar refractivity (Wildman–Crippen MR) is 75.5 cm³/mol. The summed E-state index contributed by atoms with van der Waals surface area (Å²) in [6.07, 6.45) is 11.1. The second kappa shape index (κ2) is 5.48. The maximum Gasteiger partial charge on any atom is 0.0110 e. The smallest absolute Gasteiger partial charge is 0.0110 e. The van der Waals surface area contributed by atoms with Crippen LogP contribution in [0.4, 0.5) is 0 Å². The molecule has 0 aromatic heterocycles. The van der Waals surface area contributed by atoms with Gasteiger partial charge in [0.15, 0.2) is 0 Å². The summed E-state index contributed by atoms with van der Waals surface area (Å²) in [6.45, 7) is 0.872. The summed E-state index contributed by atoms with van der Waals surface area (Å²) in [5, 5.41) is 3.96. The van der Waals surface area contributed by atoms with Crippen LogP contribution in [0.15, 0.2) is 0 Å². The van der Waals surface area contributed by atoms with Crippen molar-refractivity contribution < 1.29 is 0 Å². The Morgan fingerprint density at radius 3 is 2.39 bits per heavy atom. The quantitative estimate of drug-likeness (QED) is 0.802. The zero-order chi connectivity index (χ0) is 12.5. The minimum absolute atomic E-state index is 0.712. The molecule has 3 N–H and O–H groups in total. The van der Waals surface area contributed by atoms with E-state index in [-0.39, 0.29) is 0 Å². The molecule has 2 saturated heterocycles. The standard InChI is InChI=1S/C15H29N3/c1-18-13-5-3-6-14(18)9-12(8-13)17-15-7-2-4-11(15)10-16/h11-15,17H,2-10,16H2,1H3. The zero-order valence-corrected chi connectivity index (χ0v) is 11.8. The molecule has 3 rings (SSSR count). The lowest BCUT2D eigenvalue weighted by Gasteiger charge is -2.48. The number of nitrogens with two attached hydrogens (primary N) is 1. The van der Waals surface area contributed by atoms with Crippen LogP contribution in [0.25, 0.3) is 0 Å². The van der Waals surface area contributed by atoms with Crippen molar-refractivity contribution in [2.24, 2.45) is 11.7 Å². The molecule has 0 radical (unpaired) electrons. The fourth-order valence-electron chi connectivity index (χ4n) is 4.59. The molecule has 0 aromatic rings. The molecule has 1 aliphatic carbocycles. The summed E-state index contributed by atoms with van der Waals surface area (Å²) < 4.78 is 0. The monoisotopic (exact) mass is 251 g/mol.